The molecule has 0 amide bonds. The molecule has 0 spiro atoms. The Labute approximate surface area is 169 Å². The van der Waals surface area contributed by atoms with Crippen molar-refractivity contribution in [3.63, 3.8) is 0 Å². The molecule has 0 bridgehead atoms. The molecule has 4 rings (SSSR count). The zero-order valence-electron chi connectivity index (χ0n) is 16.2. The lowest BCUT2D eigenvalue weighted by Gasteiger charge is -2.26. The van der Waals surface area contributed by atoms with E-state index >= 15 is 0 Å². The molecule has 29 heavy (non-hydrogen) atoms. The molecule has 1 aliphatic carbocycles. The van der Waals surface area contributed by atoms with Gasteiger partial charge in [0, 0.05) is 42.0 Å². The highest BCUT2D eigenvalue weighted by molar-refractivity contribution is 5.60. The maximum Gasteiger partial charge on any atom is 0.161 e. The number of rotatable bonds is 5. The summed E-state index contributed by atoms with van der Waals surface area (Å²) in [5.74, 6) is 7.78. The molecule has 0 radical (unpaired) electrons. The van der Waals surface area contributed by atoms with Crippen LogP contribution in [0.5, 0.6) is 0 Å². The van der Waals surface area contributed by atoms with E-state index in [1.807, 2.05) is 34.9 Å². The maximum atomic E-state index is 9.91. The monoisotopic (exact) mass is 392 g/mol. The van der Waals surface area contributed by atoms with Crippen LogP contribution in [0.1, 0.15) is 49.1 Å². The lowest BCUT2D eigenvalue weighted by atomic mass is 9.83. The van der Waals surface area contributed by atoms with Crippen molar-refractivity contribution in [3.05, 3.63) is 59.9 Å². The number of benzene rings is 1. The predicted octanol–water partition coefficient (Wildman–Crippen LogP) is 2.26. The van der Waals surface area contributed by atoms with Crippen LogP contribution in [-0.4, -0.2) is 37.6 Å². The van der Waals surface area contributed by atoms with Gasteiger partial charge in [-0.2, -0.15) is 0 Å². The molecule has 7 nitrogen and oxygen atoms in total. The van der Waals surface area contributed by atoms with E-state index in [1.165, 1.54) is 0 Å². The van der Waals surface area contributed by atoms with E-state index in [9.17, 15) is 10.2 Å². The highest BCUT2D eigenvalue weighted by atomic mass is 16.5. The largest absolute Gasteiger partial charge is 0.393 e. The van der Waals surface area contributed by atoms with Crippen molar-refractivity contribution < 1.29 is 14.7 Å². The summed E-state index contributed by atoms with van der Waals surface area (Å²) in [5.41, 5.74) is 8.52. The molecular weight excluding hydrogens is 368 g/mol. The van der Waals surface area contributed by atoms with Crippen molar-refractivity contribution in [1.82, 2.24) is 14.7 Å². The number of aromatic nitrogens is 3. The molecule has 1 saturated carbocycles. The van der Waals surface area contributed by atoms with E-state index in [4.69, 9.17) is 10.3 Å². The van der Waals surface area contributed by atoms with E-state index in [1.54, 1.807) is 19.3 Å². The normalized spacial score (nSPS) is 20.4. The first-order chi connectivity index (χ1) is 14.0. The number of aliphatic hydroxyl groups is 2. The number of hydrogen-bond acceptors (Lipinski definition) is 6. The van der Waals surface area contributed by atoms with Crippen LogP contribution in [0.25, 0.3) is 11.3 Å². The minimum absolute atomic E-state index is 0.186. The molecule has 0 aliphatic heterocycles. The van der Waals surface area contributed by atoms with Gasteiger partial charge in [0.2, 0.25) is 0 Å². The van der Waals surface area contributed by atoms with E-state index in [-0.39, 0.29) is 18.7 Å². The van der Waals surface area contributed by atoms with Crippen molar-refractivity contribution >= 4 is 0 Å². The highest BCUT2D eigenvalue weighted by Gasteiger charge is 2.25. The topological polar surface area (TPSA) is 110 Å². The Kier molecular flexibility index (Phi) is 5.49. The minimum Gasteiger partial charge on any atom is -0.393 e. The van der Waals surface area contributed by atoms with Gasteiger partial charge < -0.3 is 25.0 Å². The van der Waals surface area contributed by atoms with Gasteiger partial charge >= 0.3 is 0 Å². The fourth-order valence-electron chi connectivity index (χ4n) is 3.48. The standard InChI is InChI=1S/C22H24N4O3/c1-14(27)22-24-8-9-26(22)20(13-23)21-12-19(25-29-21)17-6-4-15(5-7-17)2-3-16-10-18(28)11-16/h4-9,12,14,16,18,20,27-28H,10-11,13,23H2,1H3/t14-,16-,18-,20+/m0/s1. The molecule has 150 valence electrons. The Morgan fingerprint density at radius 3 is 2.72 bits per heavy atom. The summed E-state index contributed by atoms with van der Waals surface area (Å²) >= 11 is 0. The number of nitrogens with two attached hydrogens (primary N) is 1. The Morgan fingerprint density at radius 2 is 2.07 bits per heavy atom. The molecule has 0 unspecified atom stereocenters. The van der Waals surface area contributed by atoms with E-state index in [0.717, 1.165) is 24.0 Å². The van der Waals surface area contributed by atoms with E-state index < -0.39 is 6.10 Å². The third kappa shape index (κ3) is 4.10. The summed E-state index contributed by atoms with van der Waals surface area (Å²) in [6.45, 7) is 1.95. The fourth-order valence-corrected chi connectivity index (χ4v) is 3.48. The number of imidazole rings is 1. The number of nitrogens with zero attached hydrogens (tertiary/aromatic N) is 3. The second kappa shape index (κ2) is 8.21. The molecular formula is C22H24N4O3. The van der Waals surface area contributed by atoms with Crippen LogP contribution in [0, 0.1) is 17.8 Å². The molecule has 2 aromatic heterocycles. The Bertz CT molecular complexity index is 1020. The quantitative estimate of drug-likeness (QED) is 0.575. The first-order valence-electron chi connectivity index (χ1n) is 9.72. The van der Waals surface area contributed by atoms with Crippen LogP contribution in [0.2, 0.25) is 0 Å². The summed E-state index contributed by atoms with van der Waals surface area (Å²) in [7, 11) is 0. The van der Waals surface area contributed by atoms with Gasteiger partial charge in [-0.1, -0.05) is 29.1 Å². The Balaban J connectivity index is 1.51. The van der Waals surface area contributed by atoms with Crippen molar-refractivity contribution in [2.24, 2.45) is 11.7 Å². The lowest BCUT2D eigenvalue weighted by Crippen LogP contribution is -2.26. The van der Waals surface area contributed by atoms with Gasteiger partial charge in [-0.15, -0.1) is 0 Å². The summed E-state index contributed by atoms with van der Waals surface area (Å²) in [6.07, 6.45) is 4.04. The second-order valence-corrected chi connectivity index (χ2v) is 7.40. The molecule has 2 atom stereocenters. The Morgan fingerprint density at radius 1 is 1.31 bits per heavy atom. The number of aliphatic hydroxyl groups excluding tert-OH is 2. The van der Waals surface area contributed by atoms with Crippen molar-refractivity contribution in [2.75, 3.05) is 6.54 Å². The van der Waals surface area contributed by atoms with E-state index in [0.29, 0.717) is 23.2 Å². The minimum atomic E-state index is -0.710. The molecule has 2 heterocycles. The molecule has 0 saturated heterocycles. The van der Waals surface area contributed by atoms with Crippen LogP contribution in [0.15, 0.2) is 47.2 Å². The average molecular weight is 392 g/mol. The van der Waals surface area contributed by atoms with Crippen LogP contribution in [0.4, 0.5) is 0 Å². The molecule has 1 aromatic carbocycles. The van der Waals surface area contributed by atoms with Crippen molar-refractivity contribution in [3.8, 4) is 23.1 Å². The summed E-state index contributed by atoms with van der Waals surface area (Å²) < 4.78 is 7.37. The molecule has 1 fully saturated rings. The third-order valence-electron chi connectivity index (χ3n) is 5.20. The van der Waals surface area contributed by atoms with Crippen LogP contribution >= 0.6 is 0 Å². The van der Waals surface area contributed by atoms with Gasteiger partial charge in [-0.3, -0.25) is 0 Å². The first kappa shape index (κ1) is 19.4. The van der Waals surface area contributed by atoms with Gasteiger partial charge in [0.05, 0.1) is 6.10 Å². The zero-order chi connectivity index (χ0) is 20.4. The molecule has 4 N–H and O–H groups in total. The molecule has 7 heteroatoms. The summed E-state index contributed by atoms with van der Waals surface area (Å²) in [4.78, 5) is 4.20. The van der Waals surface area contributed by atoms with Gasteiger partial charge in [-0.05, 0) is 31.9 Å². The Hall–Kier alpha value is -2.92. The average Bonchev–Trinajstić information content (AvgIpc) is 3.36. The SMILES string of the molecule is C[C@H](O)c1nccn1[C@H](CN)c1cc(-c2ccc(C#C[C@H]3C[C@H](O)C3)cc2)no1. The maximum absolute atomic E-state index is 9.91. The molecule has 3 aromatic rings. The van der Waals surface area contributed by atoms with Gasteiger partial charge in [-0.25, -0.2) is 4.98 Å². The van der Waals surface area contributed by atoms with Crippen LogP contribution in [0.3, 0.4) is 0 Å². The fraction of sp³-hybridized carbons (Fsp3) is 0.364. The number of hydrogen-bond donors (Lipinski definition) is 3. The summed E-state index contributed by atoms with van der Waals surface area (Å²) in [6, 6.07) is 9.38. The second-order valence-electron chi connectivity index (χ2n) is 7.40. The first-order valence-corrected chi connectivity index (χ1v) is 9.72. The van der Waals surface area contributed by atoms with Crippen LogP contribution in [-0.2, 0) is 0 Å². The van der Waals surface area contributed by atoms with E-state index in [2.05, 4.69) is 22.0 Å². The van der Waals surface area contributed by atoms with Gasteiger partial charge in [0.25, 0.3) is 0 Å². The zero-order valence-corrected chi connectivity index (χ0v) is 16.2. The molecule has 1 aliphatic rings. The lowest BCUT2D eigenvalue weighted by molar-refractivity contribution is 0.0666. The smallest absolute Gasteiger partial charge is 0.161 e. The third-order valence-corrected chi connectivity index (χ3v) is 5.20. The van der Waals surface area contributed by atoms with Crippen molar-refractivity contribution in [2.45, 2.75) is 38.0 Å². The highest BCUT2D eigenvalue weighted by Crippen LogP contribution is 2.28. The van der Waals surface area contributed by atoms with Gasteiger partial charge in [0.1, 0.15) is 23.7 Å². The summed E-state index contributed by atoms with van der Waals surface area (Å²) in [5, 5.41) is 23.4. The van der Waals surface area contributed by atoms with Crippen molar-refractivity contribution in [1.29, 1.82) is 0 Å². The predicted molar refractivity (Wildman–Crippen MR) is 108 cm³/mol. The van der Waals surface area contributed by atoms with Crippen LogP contribution < -0.4 is 5.73 Å². The van der Waals surface area contributed by atoms with Gasteiger partial charge in [0.15, 0.2) is 5.76 Å².